The predicted molar refractivity (Wildman–Crippen MR) is 91.4 cm³/mol. The molecule has 2 rings (SSSR count). The third-order valence-corrected chi connectivity index (χ3v) is 3.68. The standard InChI is InChI=1S/C17H17ClN2O5/c1-11-12(18)4-2-5-13(11)20-15(21)10-25-16(22)7-8-19-17(23)14-6-3-9-24-14/h2-6,9H,7-8,10H2,1H3,(H,19,23)(H,20,21). The molecule has 132 valence electrons. The highest BCUT2D eigenvalue weighted by atomic mass is 35.5. The number of hydrogen-bond donors (Lipinski definition) is 2. The van der Waals surface area contributed by atoms with Crippen LogP contribution in [-0.2, 0) is 14.3 Å². The van der Waals surface area contributed by atoms with Gasteiger partial charge in [-0.2, -0.15) is 0 Å². The fraction of sp³-hybridized carbons (Fsp3) is 0.235. The van der Waals surface area contributed by atoms with Crippen molar-refractivity contribution in [1.82, 2.24) is 5.32 Å². The van der Waals surface area contributed by atoms with Crippen LogP contribution in [0.15, 0.2) is 41.0 Å². The zero-order valence-electron chi connectivity index (χ0n) is 13.5. The molecule has 7 nitrogen and oxygen atoms in total. The number of carbonyl (C=O) groups excluding carboxylic acids is 3. The molecule has 0 radical (unpaired) electrons. The van der Waals surface area contributed by atoms with Crippen molar-refractivity contribution in [2.45, 2.75) is 13.3 Å². The molecule has 1 aromatic carbocycles. The van der Waals surface area contributed by atoms with Crippen LogP contribution in [-0.4, -0.2) is 30.9 Å². The van der Waals surface area contributed by atoms with E-state index >= 15 is 0 Å². The van der Waals surface area contributed by atoms with E-state index in [-0.39, 0.29) is 18.7 Å². The second-order valence-corrected chi connectivity index (χ2v) is 5.51. The van der Waals surface area contributed by atoms with Crippen molar-refractivity contribution in [3.63, 3.8) is 0 Å². The molecule has 0 saturated carbocycles. The smallest absolute Gasteiger partial charge is 0.308 e. The maximum atomic E-state index is 11.8. The Morgan fingerprint density at radius 2 is 2.00 bits per heavy atom. The van der Waals surface area contributed by atoms with Gasteiger partial charge in [0, 0.05) is 17.3 Å². The lowest BCUT2D eigenvalue weighted by molar-refractivity contribution is -0.147. The van der Waals surface area contributed by atoms with Gasteiger partial charge in [0.25, 0.3) is 11.8 Å². The van der Waals surface area contributed by atoms with E-state index < -0.39 is 24.4 Å². The van der Waals surface area contributed by atoms with Crippen molar-refractivity contribution in [3.05, 3.63) is 52.9 Å². The van der Waals surface area contributed by atoms with Crippen LogP contribution in [0.25, 0.3) is 0 Å². The summed E-state index contributed by atoms with van der Waals surface area (Å²) in [7, 11) is 0. The van der Waals surface area contributed by atoms with Crippen molar-refractivity contribution in [3.8, 4) is 0 Å². The van der Waals surface area contributed by atoms with Gasteiger partial charge in [0.05, 0.1) is 12.7 Å². The third-order valence-electron chi connectivity index (χ3n) is 3.27. The number of amides is 2. The number of esters is 1. The number of nitrogens with one attached hydrogen (secondary N) is 2. The van der Waals surface area contributed by atoms with Crippen molar-refractivity contribution >= 4 is 35.1 Å². The summed E-state index contributed by atoms with van der Waals surface area (Å²) in [6, 6.07) is 8.21. The van der Waals surface area contributed by atoms with Gasteiger partial charge in [-0.3, -0.25) is 14.4 Å². The topological polar surface area (TPSA) is 97.6 Å². The molecule has 0 atom stereocenters. The molecule has 0 bridgehead atoms. The van der Waals surface area contributed by atoms with Gasteiger partial charge >= 0.3 is 5.97 Å². The molecule has 1 aromatic heterocycles. The van der Waals surface area contributed by atoms with Crippen molar-refractivity contribution in [2.75, 3.05) is 18.5 Å². The van der Waals surface area contributed by atoms with Crippen LogP contribution < -0.4 is 10.6 Å². The molecule has 0 aliphatic heterocycles. The van der Waals surface area contributed by atoms with Gasteiger partial charge in [-0.25, -0.2) is 0 Å². The van der Waals surface area contributed by atoms with E-state index in [9.17, 15) is 14.4 Å². The summed E-state index contributed by atoms with van der Waals surface area (Å²) in [5, 5.41) is 5.65. The van der Waals surface area contributed by atoms with Gasteiger partial charge in [-0.15, -0.1) is 0 Å². The monoisotopic (exact) mass is 364 g/mol. The van der Waals surface area contributed by atoms with Crippen LogP contribution in [0.2, 0.25) is 5.02 Å². The van der Waals surface area contributed by atoms with E-state index in [1.807, 2.05) is 0 Å². The maximum absolute atomic E-state index is 11.8. The Morgan fingerprint density at radius 1 is 1.20 bits per heavy atom. The zero-order chi connectivity index (χ0) is 18.2. The second-order valence-electron chi connectivity index (χ2n) is 5.10. The van der Waals surface area contributed by atoms with E-state index in [0.717, 1.165) is 5.56 Å². The van der Waals surface area contributed by atoms with Crippen LogP contribution in [0.4, 0.5) is 5.69 Å². The Labute approximate surface area is 149 Å². The van der Waals surface area contributed by atoms with Gasteiger partial charge in [0.2, 0.25) is 0 Å². The van der Waals surface area contributed by atoms with Crippen LogP contribution in [0.5, 0.6) is 0 Å². The average molecular weight is 365 g/mol. The Kier molecular flexibility index (Phi) is 6.59. The van der Waals surface area contributed by atoms with Gasteiger partial charge in [-0.05, 0) is 36.8 Å². The summed E-state index contributed by atoms with van der Waals surface area (Å²) in [5.41, 5.74) is 1.28. The minimum atomic E-state index is -0.599. The van der Waals surface area contributed by atoms with Gasteiger partial charge < -0.3 is 19.8 Å². The number of benzene rings is 1. The minimum absolute atomic E-state index is 0.0596. The van der Waals surface area contributed by atoms with Crippen molar-refractivity contribution in [2.24, 2.45) is 0 Å². The van der Waals surface area contributed by atoms with E-state index in [1.165, 1.54) is 12.3 Å². The fourth-order valence-corrected chi connectivity index (χ4v) is 2.09. The van der Waals surface area contributed by atoms with E-state index in [0.29, 0.717) is 10.7 Å². The molecular weight excluding hydrogens is 348 g/mol. The number of furan rings is 1. The first-order valence-corrected chi connectivity index (χ1v) is 7.87. The predicted octanol–water partition coefficient (Wildman–Crippen LogP) is 2.54. The highest BCUT2D eigenvalue weighted by Gasteiger charge is 2.12. The van der Waals surface area contributed by atoms with Gasteiger partial charge in [0.1, 0.15) is 0 Å². The normalized spacial score (nSPS) is 10.2. The minimum Gasteiger partial charge on any atom is -0.459 e. The molecule has 8 heteroatoms. The Balaban J connectivity index is 1.68. The number of carbonyl (C=O) groups is 3. The van der Waals surface area contributed by atoms with Crippen molar-refractivity contribution in [1.29, 1.82) is 0 Å². The fourth-order valence-electron chi connectivity index (χ4n) is 1.92. The maximum Gasteiger partial charge on any atom is 0.308 e. The molecule has 0 spiro atoms. The summed E-state index contributed by atoms with van der Waals surface area (Å²) in [6.07, 6.45) is 1.32. The molecule has 0 unspecified atom stereocenters. The molecule has 0 saturated heterocycles. The number of hydrogen-bond acceptors (Lipinski definition) is 5. The molecule has 0 aliphatic rings. The molecule has 1 heterocycles. The number of rotatable bonds is 7. The lowest BCUT2D eigenvalue weighted by atomic mass is 10.2. The Morgan fingerprint density at radius 3 is 2.72 bits per heavy atom. The summed E-state index contributed by atoms with van der Waals surface area (Å²) >= 11 is 5.97. The van der Waals surface area contributed by atoms with Crippen LogP contribution >= 0.6 is 11.6 Å². The molecular formula is C17H17ClN2O5. The molecule has 0 fully saturated rings. The summed E-state index contributed by atoms with van der Waals surface area (Å²) in [4.78, 5) is 35.0. The van der Waals surface area contributed by atoms with E-state index in [4.69, 9.17) is 20.8 Å². The molecule has 2 amide bonds. The lowest BCUT2D eigenvalue weighted by Crippen LogP contribution is -2.27. The first kappa shape index (κ1) is 18.5. The van der Waals surface area contributed by atoms with E-state index in [2.05, 4.69) is 10.6 Å². The molecule has 25 heavy (non-hydrogen) atoms. The van der Waals surface area contributed by atoms with Crippen LogP contribution in [0, 0.1) is 6.92 Å². The summed E-state index contributed by atoms with van der Waals surface area (Å²) in [6.45, 7) is 1.43. The highest BCUT2D eigenvalue weighted by molar-refractivity contribution is 6.31. The van der Waals surface area contributed by atoms with E-state index in [1.54, 1.807) is 31.2 Å². The first-order chi connectivity index (χ1) is 12.0. The van der Waals surface area contributed by atoms with Gasteiger partial charge in [-0.1, -0.05) is 17.7 Å². The Hall–Kier alpha value is -2.80. The number of ether oxygens (including phenoxy) is 1. The molecule has 2 aromatic rings. The SMILES string of the molecule is Cc1c(Cl)cccc1NC(=O)COC(=O)CCNC(=O)c1ccco1. The molecule has 0 aliphatic carbocycles. The highest BCUT2D eigenvalue weighted by Crippen LogP contribution is 2.22. The van der Waals surface area contributed by atoms with Crippen molar-refractivity contribution < 1.29 is 23.5 Å². The summed E-state index contributed by atoms with van der Waals surface area (Å²) in [5.74, 6) is -1.34. The quantitative estimate of drug-likeness (QED) is 0.736. The number of anilines is 1. The number of halogens is 1. The Bertz CT molecular complexity index is 758. The lowest BCUT2D eigenvalue weighted by Gasteiger charge is -2.10. The second kappa shape index (κ2) is 8.89. The average Bonchev–Trinajstić information content (AvgIpc) is 3.12. The zero-order valence-corrected chi connectivity index (χ0v) is 14.3. The van der Waals surface area contributed by atoms with Gasteiger partial charge in [0.15, 0.2) is 12.4 Å². The molecule has 2 N–H and O–H groups in total. The largest absolute Gasteiger partial charge is 0.459 e. The van der Waals surface area contributed by atoms with Crippen LogP contribution in [0.3, 0.4) is 0 Å². The third kappa shape index (κ3) is 5.65. The first-order valence-electron chi connectivity index (χ1n) is 7.49. The summed E-state index contributed by atoms with van der Waals surface area (Å²) < 4.78 is 9.78. The van der Waals surface area contributed by atoms with Crippen LogP contribution in [0.1, 0.15) is 22.5 Å².